The first-order valence-corrected chi connectivity index (χ1v) is 8.03. The highest BCUT2D eigenvalue weighted by atomic mass is 16.5. The van der Waals surface area contributed by atoms with Crippen LogP contribution in [0.2, 0.25) is 0 Å². The lowest BCUT2D eigenvalue weighted by atomic mass is 9.90. The Labute approximate surface area is 140 Å². The largest absolute Gasteiger partial charge is 0.494 e. The number of rotatable bonds is 8. The topological polar surface area (TPSA) is 94.1 Å². The van der Waals surface area contributed by atoms with E-state index in [1.807, 2.05) is 6.92 Å². The van der Waals surface area contributed by atoms with Gasteiger partial charge in [0.25, 0.3) is 5.91 Å². The fourth-order valence-electron chi connectivity index (χ4n) is 2.42. The molecule has 0 aliphatic carbocycles. The summed E-state index contributed by atoms with van der Waals surface area (Å²) in [6, 6.07) is 6.94. The Bertz CT molecular complexity index is 551. The summed E-state index contributed by atoms with van der Waals surface area (Å²) in [6.07, 6.45) is 1.42. The lowest BCUT2D eigenvalue weighted by Crippen LogP contribution is -2.58. The maximum atomic E-state index is 12.0. The third kappa shape index (κ3) is 4.86. The fraction of sp³-hybridized carbons (Fsp3) is 0.529. The van der Waals surface area contributed by atoms with Crippen LogP contribution in [0, 0.1) is 0 Å². The molecule has 0 radical (unpaired) electrons. The molecule has 1 aromatic carbocycles. The molecule has 1 saturated heterocycles. The van der Waals surface area contributed by atoms with Gasteiger partial charge in [-0.2, -0.15) is 0 Å². The number of aliphatic carboxylic acids is 1. The smallest absolute Gasteiger partial charge is 0.329 e. The highest BCUT2D eigenvalue weighted by molar-refractivity contribution is 5.87. The Hall–Kier alpha value is -2.28. The Balaban J connectivity index is 1.84. The summed E-state index contributed by atoms with van der Waals surface area (Å²) >= 11 is 0. The first kappa shape index (κ1) is 18.1. The van der Waals surface area contributed by atoms with Crippen molar-refractivity contribution in [2.24, 2.45) is 0 Å². The minimum atomic E-state index is -1.27. The molecule has 7 heteroatoms. The van der Waals surface area contributed by atoms with Crippen LogP contribution in [0.1, 0.15) is 26.2 Å². The number of ether oxygens (including phenoxy) is 3. The van der Waals surface area contributed by atoms with E-state index in [0.29, 0.717) is 25.6 Å². The lowest BCUT2D eigenvalue weighted by Gasteiger charge is -2.33. The van der Waals surface area contributed by atoms with Crippen molar-refractivity contribution in [1.29, 1.82) is 0 Å². The number of nitrogens with one attached hydrogen (secondary N) is 1. The molecule has 132 valence electrons. The van der Waals surface area contributed by atoms with Crippen LogP contribution in [0.3, 0.4) is 0 Å². The van der Waals surface area contributed by atoms with Gasteiger partial charge in [0, 0.05) is 26.1 Å². The van der Waals surface area contributed by atoms with E-state index in [4.69, 9.17) is 14.2 Å². The molecular weight excluding hydrogens is 314 g/mol. The number of carboxylic acids is 1. The second-order valence-corrected chi connectivity index (χ2v) is 5.66. The van der Waals surface area contributed by atoms with Crippen LogP contribution in [0.5, 0.6) is 11.5 Å². The second-order valence-electron chi connectivity index (χ2n) is 5.66. The van der Waals surface area contributed by atoms with Crippen molar-refractivity contribution in [3.63, 3.8) is 0 Å². The van der Waals surface area contributed by atoms with E-state index < -0.39 is 17.4 Å². The molecule has 1 amide bonds. The van der Waals surface area contributed by atoms with Gasteiger partial charge in [-0.25, -0.2) is 4.79 Å². The van der Waals surface area contributed by atoms with Gasteiger partial charge in [0.1, 0.15) is 17.0 Å². The molecule has 0 aromatic heterocycles. The van der Waals surface area contributed by atoms with Crippen molar-refractivity contribution in [2.45, 2.75) is 31.7 Å². The van der Waals surface area contributed by atoms with Crippen molar-refractivity contribution < 1.29 is 28.9 Å². The van der Waals surface area contributed by atoms with E-state index in [1.165, 1.54) is 0 Å². The predicted molar refractivity (Wildman–Crippen MR) is 86.3 cm³/mol. The molecule has 0 saturated carbocycles. The molecule has 24 heavy (non-hydrogen) atoms. The highest BCUT2D eigenvalue weighted by Gasteiger charge is 2.41. The second kappa shape index (κ2) is 8.54. The normalized spacial score (nSPS) is 16.2. The summed E-state index contributed by atoms with van der Waals surface area (Å²) < 4.78 is 16.0. The van der Waals surface area contributed by atoms with E-state index in [9.17, 15) is 14.7 Å². The van der Waals surface area contributed by atoms with Crippen molar-refractivity contribution in [1.82, 2.24) is 5.32 Å². The summed E-state index contributed by atoms with van der Waals surface area (Å²) in [5.41, 5.74) is -1.27. The fourth-order valence-corrected chi connectivity index (χ4v) is 2.42. The number of hydrogen-bond donors (Lipinski definition) is 2. The van der Waals surface area contributed by atoms with E-state index >= 15 is 0 Å². The first-order chi connectivity index (χ1) is 11.6. The zero-order valence-corrected chi connectivity index (χ0v) is 13.7. The van der Waals surface area contributed by atoms with Crippen molar-refractivity contribution in [3.05, 3.63) is 24.3 Å². The van der Waals surface area contributed by atoms with Crippen LogP contribution >= 0.6 is 0 Å². The number of amides is 1. The zero-order valence-electron chi connectivity index (χ0n) is 13.7. The molecule has 0 spiro atoms. The van der Waals surface area contributed by atoms with Gasteiger partial charge in [-0.05, 0) is 30.7 Å². The lowest BCUT2D eigenvalue weighted by molar-refractivity contribution is -0.152. The summed E-state index contributed by atoms with van der Waals surface area (Å²) in [5, 5.41) is 12.0. The van der Waals surface area contributed by atoms with Gasteiger partial charge in [-0.1, -0.05) is 6.92 Å². The third-order valence-corrected chi connectivity index (χ3v) is 3.80. The van der Waals surface area contributed by atoms with Gasteiger partial charge in [-0.3, -0.25) is 4.79 Å². The van der Waals surface area contributed by atoms with Crippen LogP contribution in [-0.2, 0) is 14.3 Å². The van der Waals surface area contributed by atoms with Gasteiger partial charge in [-0.15, -0.1) is 0 Å². The molecule has 0 atom stereocenters. The Morgan fingerprint density at radius 3 is 2.29 bits per heavy atom. The molecule has 1 fully saturated rings. The average molecular weight is 337 g/mol. The molecule has 1 aliphatic heterocycles. The number of hydrogen-bond acceptors (Lipinski definition) is 5. The molecule has 2 rings (SSSR count). The Morgan fingerprint density at radius 1 is 1.17 bits per heavy atom. The predicted octanol–water partition coefficient (Wildman–Crippen LogP) is 1.60. The Kier molecular flexibility index (Phi) is 6.43. The van der Waals surface area contributed by atoms with Crippen LogP contribution in [0.4, 0.5) is 0 Å². The molecular formula is C17H23NO6. The van der Waals surface area contributed by atoms with E-state index in [0.717, 1.165) is 12.2 Å². The molecule has 1 aliphatic rings. The maximum absolute atomic E-state index is 12.0. The van der Waals surface area contributed by atoms with Crippen molar-refractivity contribution in [3.8, 4) is 11.5 Å². The average Bonchev–Trinajstić information content (AvgIpc) is 2.59. The van der Waals surface area contributed by atoms with E-state index in [1.54, 1.807) is 24.3 Å². The summed E-state index contributed by atoms with van der Waals surface area (Å²) in [5.74, 6) is -0.256. The molecule has 7 nitrogen and oxygen atoms in total. The zero-order chi connectivity index (χ0) is 17.4. The van der Waals surface area contributed by atoms with Crippen LogP contribution < -0.4 is 14.8 Å². The van der Waals surface area contributed by atoms with Crippen molar-refractivity contribution >= 4 is 11.9 Å². The monoisotopic (exact) mass is 337 g/mol. The summed E-state index contributed by atoms with van der Waals surface area (Å²) in [4.78, 5) is 23.5. The quantitative estimate of drug-likeness (QED) is 0.748. The minimum Gasteiger partial charge on any atom is -0.494 e. The highest BCUT2D eigenvalue weighted by Crippen LogP contribution is 2.21. The standard InChI is InChI=1S/C17H23NO6/c1-2-9-23-13-3-5-14(6-4-13)24-12-15(19)18-17(16(20)21)7-10-22-11-8-17/h3-6H,2,7-12H2,1H3,(H,18,19)(H,20,21). The SMILES string of the molecule is CCCOc1ccc(OCC(=O)NC2(C(=O)O)CCOCC2)cc1. The molecule has 1 heterocycles. The van der Waals surface area contributed by atoms with E-state index in [-0.39, 0.29) is 19.4 Å². The Morgan fingerprint density at radius 2 is 1.75 bits per heavy atom. The van der Waals surface area contributed by atoms with Crippen LogP contribution in [-0.4, -0.2) is 48.9 Å². The van der Waals surface area contributed by atoms with Gasteiger partial charge >= 0.3 is 5.97 Å². The molecule has 2 N–H and O–H groups in total. The molecule has 0 bridgehead atoms. The summed E-state index contributed by atoms with van der Waals surface area (Å²) in [6.45, 7) is 3.05. The number of benzene rings is 1. The van der Waals surface area contributed by atoms with Crippen molar-refractivity contribution in [2.75, 3.05) is 26.4 Å². The van der Waals surface area contributed by atoms with Crippen LogP contribution in [0.25, 0.3) is 0 Å². The van der Waals surface area contributed by atoms with Gasteiger partial charge in [0.15, 0.2) is 6.61 Å². The molecule has 1 aromatic rings. The molecule has 0 unspecified atom stereocenters. The summed E-state index contributed by atoms with van der Waals surface area (Å²) in [7, 11) is 0. The number of carbonyl (C=O) groups excluding carboxylic acids is 1. The third-order valence-electron chi connectivity index (χ3n) is 3.80. The van der Waals surface area contributed by atoms with Crippen LogP contribution in [0.15, 0.2) is 24.3 Å². The minimum absolute atomic E-state index is 0.245. The first-order valence-electron chi connectivity index (χ1n) is 8.03. The van der Waals surface area contributed by atoms with E-state index in [2.05, 4.69) is 5.32 Å². The number of carbonyl (C=O) groups is 2. The van der Waals surface area contributed by atoms with Gasteiger partial charge < -0.3 is 24.6 Å². The maximum Gasteiger partial charge on any atom is 0.329 e. The van der Waals surface area contributed by atoms with Gasteiger partial charge in [0.05, 0.1) is 6.61 Å². The number of carboxylic acid groups (broad SMARTS) is 1. The van der Waals surface area contributed by atoms with Gasteiger partial charge in [0.2, 0.25) is 0 Å².